The first kappa shape index (κ1) is 14.6. The molecule has 2 aromatic heterocycles. The summed E-state index contributed by atoms with van der Waals surface area (Å²) in [4.78, 5) is 20.1. The van der Waals surface area contributed by atoms with Gasteiger partial charge in [0, 0.05) is 25.7 Å². The van der Waals surface area contributed by atoms with Crippen LogP contribution in [0.3, 0.4) is 0 Å². The number of hydrogen-bond donors (Lipinski definition) is 2. The molecule has 7 heteroatoms. The number of imidazole rings is 1. The smallest absolute Gasteiger partial charge is 0.221 e. The minimum Gasteiger partial charge on any atom is -0.369 e. The summed E-state index contributed by atoms with van der Waals surface area (Å²) in [6.45, 7) is 5.22. The molecule has 1 amide bonds. The van der Waals surface area contributed by atoms with Gasteiger partial charge in [0.05, 0.1) is 5.02 Å². The SMILES string of the molecule is CC(C)CNC(=O)CCn1c(N)nc2cc(Cl)cnc21. The average molecular weight is 296 g/mol. The first-order chi connectivity index (χ1) is 9.47. The first-order valence-corrected chi connectivity index (χ1v) is 6.89. The van der Waals surface area contributed by atoms with Gasteiger partial charge in [-0.1, -0.05) is 25.4 Å². The lowest BCUT2D eigenvalue weighted by molar-refractivity contribution is -0.121. The molecule has 2 rings (SSSR count). The third kappa shape index (κ3) is 3.39. The first-order valence-electron chi connectivity index (χ1n) is 6.51. The molecular weight excluding hydrogens is 278 g/mol. The van der Waals surface area contributed by atoms with Gasteiger partial charge in [0.2, 0.25) is 11.9 Å². The number of nitrogens with one attached hydrogen (secondary N) is 1. The lowest BCUT2D eigenvalue weighted by atomic mass is 10.2. The van der Waals surface area contributed by atoms with E-state index < -0.39 is 0 Å². The molecule has 0 aliphatic rings. The Morgan fingerprint density at radius 2 is 2.30 bits per heavy atom. The molecule has 2 aromatic rings. The zero-order valence-electron chi connectivity index (χ0n) is 11.6. The van der Waals surface area contributed by atoms with Gasteiger partial charge in [0.1, 0.15) is 5.52 Å². The van der Waals surface area contributed by atoms with Crippen LogP contribution in [0.2, 0.25) is 5.02 Å². The number of pyridine rings is 1. The molecule has 20 heavy (non-hydrogen) atoms. The molecule has 0 aliphatic carbocycles. The number of carbonyl (C=O) groups is 1. The van der Waals surface area contributed by atoms with Gasteiger partial charge in [0.25, 0.3) is 0 Å². The summed E-state index contributed by atoms with van der Waals surface area (Å²) in [6.07, 6.45) is 1.88. The fourth-order valence-corrected chi connectivity index (χ4v) is 2.00. The van der Waals surface area contributed by atoms with Gasteiger partial charge in [-0.15, -0.1) is 0 Å². The Morgan fingerprint density at radius 1 is 1.55 bits per heavy atom. The van der Waals surface area contributed by atoms with E-state index >= 15 is 0 Å². The normalized spacial score (nSPS) is 11.2. The molecule has 108 valence electrons. The van der Waals surface area contributed by atoms with Crippen molar-refractivity contribution in [3.63, 3.8) is 0 Å². The second-order valence-corrected chi connectivity index (χ2v) is 5.50. The Kier molecular flexibility index (Phi) is 4.44. The fraction of sp³-hybridized carbons (Fsp3) is 0.462. The minimum absolute atomic E-state index is 0.00564. The summed E-state index contributed by atoms with van der Waals surface area (Å²) < 4.78 is 1.72. The molecule has 0 saturated heterocycles. The van der Waals surface area contributed by atoms with Crippen LogP contribution in [0.4, 0.5) is 5.95 Å². The van der Waals surface area contributed by atoms with Crippen LogP contribution in [-0.4, -0.2) is 27.0 Å². The van der Waals surface area contributed by atoms with E-state index in [2.05, 4.69) is 29.1 Å². The van der Waals surface area contributed by atoms with E-state index in [1.54, 1.807) is 16.8 Å². The molecule has 0 bridgehead atoms. The number of nitrogens with two attached hydrogens (primary N) is 1. The van der Waals surface area contributed by atoms with Crippen molar-refractivity contribution in [2.75, 3.05) is 12.3 Å². The van der Waals surface area contributed by atoms with Crippen molar-refractivity contribution in [1.82, 2.24) is 19.9 Å². The van der Waals surface area contributed by atoms with Crippen molar-refractivity contribution in [3.8, 4) is 0 Å². The molecule has 2 heterocycles. The molecule has 0 unspecified atom stereocenters. The number of rotatable bonds is 5. The number of halogens is 1. The highest BCUT2D eigenvalue weighted by Crippen LogP contribution is 2.19. The van der Waals surface area contributed by atoms with Crippen LogP contribution in [0.25, 0.3) is 11.2 Å². The maximum absolute atomic E-state index is 11.7. The summed E-state index contributed by atoms with van der Waals surface area (Å²) >= 11 is 5.86. The van der Waals surface area contributed by atoms with Gasteiger partial charge in [-0.2, -0.15) is 0 Å². The van der Waals surface area contributed by atoms with E-state index in [9.17, 15) is 4.79 Å². The van der Waals surface area contributed by atoms with Crippen molar-refractivity contribution in [1.29, 1.82) is 0 Å². The monoisotopic (exact) mass is 295 g/mol. The lowest BCUT2D eigenvalue weighted by Crippen LogP contribution is -2.28. The highest BCUT2D eigenvalue weighted by atomic mass is 35.5. The van der Waals surface area contributed by atoms with E-state index in [0.29, 0.717) is 47.6 Å². The molecule has 0 saturated carbocycles. The Hall–Kier alpha value is -1.82. The number of aryl methyl sites for hydroxylation is 1. The second kappa shape index (κ2) is 6.09. The van der Waals surface area contributed by atoms with Gasteiger partial charge in [0.15, 0.2) is 5.65 Å². The topological polar surface area (TPSA) is 85.8 Å². The van der Waals surface area contributed by atoms with E-state index in [4.69, 9.17) is 17.3 Å². The Bertz CT molecular complexity index is 622. The van der Waals surface area contributed by atoms with Gasteiger partial charge in [-0.25, -0.2) is 9.97 Å². The molecular formula is C13H18ClN5O. The number of aromatic nitrogens is 3. The Balaban J connectivity index is 2.06. The maximum atomic E-state index is 11.7. The highest BCUT2D eigenvalue weighted by molar-refractivity contribution is 6.31. The average Bonchev–Trinajstić information content (AvgIpc) is 2.68. The molecule has 0 atom stereocenters. The van der Waals surface area contributed by atoms with Crippen LogP contribution in [-0.2, 0) is 11.3 Å². The van der Waals surface area contributed by atoms with Crippen molar-refractivity contribution in [2.45, 2.75) is 26.8 Å². The van der Waals surface area contributed by atoms with Crippen LogP contribution in [0.5, 0.6) is 0 Å². The van der Waals surface area contributed by atoms with Gasteiger partial charge >= 0.3 is 0 Å². The van der Waals surface area contributed by atoms with Crippen LogP contribution in [0.1, 0.15) is 20.3 Å². The van der Waals surface area contributed by atoms with Crippen molar-refractivity contribution < 1.29 is 4.79 Å². The van der Waals surface area contributed by atoms with Crippen molar-refractivity contribution >= 4 is 34.6 Å². The number of nitrogens with zero attached hydrogens (tertiary/aromatic N) is 3. The molecule has 0 spiro atoms. The Morgan fingerprint density at radius 3 is 3.00 bits per heavy atom. The molecule has 6 nitrogen and oxygen atoms in total. The molecule has 0 aliphatic heterocycles. The highest BCUT2D eigenvalue weighted by Gasteiger charge is 2.11. The van der Waals surface area contributed by atoms with E-state index in [1.165, 1.54) is 0 Å². The maximum Gasteiger partial charge on any atom is 0.221 e. The number of carbonyl (C=O) groups excluding carboxylic acids is 1. The zero-order chi connectivity index (χ0) is 14.7. The third-order valence-electron chi connectivity index (χ3n) is 2.85. The summed E-state index contributed by atoms with van der Waals surface area (Å²) in [5, 5.41) is 3.38. The summed E-state index contributed by atoms with van der Waals surface area (Å²) in [5.74, 6) is 0.766. The van der Waals surface area contributed by atoms with E-state index in [-0.39, 0.29) is 5.91 Å². The van der Waals surface area contributed by atoms with Crippen LogP contribution >= 0.6 is 11.6 Å². The molecule has 0 radical (unpaired) electrons. The fourth-order valence-electron chi connectivity index (χ4n) is 1.84. The quantitative estimate of drug-likeness (QED) is 0.881. The number of amides is 1. The zero-order valence-corrected chi connectivity index (χ0v) is 12.3. The molecule has 0 aromatic carbocycles. The summed E-state index contributed by atoms with van der Waals surface area (Å²) in [7, 11) is 0. The predicted octanol–water partition coefficient (Wildman–Crippen LogP) is 1.83. The van der Waals surface area contributed by atoms with Crippen LogP contribution < -0.4 is 11.1 Å². The van der Waals surface area contributed by atoms with E-state index in [0.717, 1.165) is 0 Å². The third-order valence-corrected chi connectivity index (χ3v) is 3.06. The number of anilines is 1. The standard InChI is InChI=1S/C13H18ClN5O/c1-8(2)6-16-11(20)3-4-19-12-10(18-13(19)15)5-9(14)7-17-12/h5,7-8H,3-4,6H2,1-2H3,(H2,15,18)(H,16,20). The number of hydrogen-bond acceptors (Lipinski definition) is 4. The number of nitrogen functional groups attached to an aromatic ring is 1. The Labute approximate surface area is 122 Å². The van der Waals surface area contributed by atoms with Crippen molar-refractivity contribution in [3.05, 3.63) is 17.3 Å². The largest absolute Gasteiger partial charge is 0.369 e. The van der Waals surface area contributed by atoms with Gasteiger partial charge in [-0.05, 0) is 12.0 Å². The number of fused-ring (bicyclic) bond motifs is 1. The van der Waals surface area contributed by atoms with E-state index in [1.807, 2.05) is 0 Å². The van der Waals surface area contributed by atoms with Gasteiger partial charge < -0.3 is 11.1 Å². The van der Waals surface area contributed by atoms with Crippen molar-refractivity contribution in [2.24, 2.45) is 5.92 Å². The molecule has 3 N–H and O–H groups in total. The predicted molar refractivity (Wildman–Crippen MR) is 79.4 cm³/mol. The van der Waals surface area contributed by atoms with Crippen LogP contribution in [0, 0.1) is 5.92 Å². The van der Waals surface area contributed by atoms with Crippen LogP contribution in [0.15, 0.2) is 12.3 Å². The molecule has 0 fully saturated rings. The second-order valence-electron chi connectivity index (χ2n) is 5.07. The minimum atomic E-state index is -0.00564. The lowest BCUT2D eigenvalue weighted by Gasteiger charge is -2.08. The summed E-state index contributed by atoms with van der Waals surface area (Å²) in [6, 6.07) is 1.70. The van der Waals surface area contributed by atoms with Gasteiger partial charge in [-0.3, -0.25) is 9.36 Å². The summed E-state index contributed by atoms with van der Waals surface area (Å²) in [5.41, 5.74) is 7.13.